The maximum absolute atomic E-state index is 3.57. The standard InChI is InChI=1S/C15H14BrNS/c16-12-3-1-2-10(6-12)13-7-11-8-17-9-15(4-5-15)14(11)18-13/h1-3,6-7,17H,4-5,8-9H2. The summed E-state index contributed by atoms with van der Waals surface area (Å²) in [5.41, 5.74) is 3.36. The van der Waals surface area contributed by atoms with Crippen molar-refractivity contribution < 1.29 is 0 Å². The molecule has 18 heavy (non-hydrogen) atoms. The molecule has 2 aliphatic rings. The molecule has 0 amide bonds. The first-order valence-electron chi connectivity index (χ1n) is 6.37. The van der Waals surface area contributed by atoms with Gasteiger partial charge >= 0.3 is 0 Å². The SMILES string of the molecule is Brc1cccc(-c2cc3c(s2)C2(CC2)CNC3)c1. The molecule has 1 nitrogen and oxygen atoms in total. The quantitative estimate of drug-likeness (QED) is 0.825. The van der Waals surface area contributed by atoms with Crippen molar-refractivity contribution in [3.05, 3.63) is 45.2 Å². The lowest BCUT2D eigenvalue weighted by Gasteiger charge is -2.22. The van der Waals surface area contributed by atoms with Crippen LogP contribution in [0.15, 0.2) is 34.8 Å². The minimum atomic E-state index is 0.502. The molecule has 1 fully saturated rings. The van der Waals surface area contributed by atoms with Gasteiger partial charge in [-0.15, -0.1) is 11.3 Å². The molecule has 4 rings (SSSR count). The van der Waals surface area contributed by atoms with Gasteiger partial charge in [0, 0.05) is 32.7 Å². The molecule has 1 saturated carbocycles. The molecular formula is C15H14BrNS. The van der Waals surface area contributed by atoms with Crippen LogP contribution in [0, 0.1) is 0 Å². The lowest BCUT2D eigenvalue weighted by Crippen LogP contribution is -2.31. The number of benzene rings is 1. The molecule has 0 unspecified atom stereocenters. The molecule has 1 aromatic carbocycles. The summed E-state index contributed by atoms with van der Waals surface area (Å²) in [5, 5.41) is 3.57. The predicted molar refractivity (Wildman–Crippen MR) is 80.1 cm³/mol. The molecule has 92 valence electrons. The van der Waals surface area contributed by atoms with Crippen molar-refractivity contribution in [2.24, 2.45) is 0 Å². The van der Waals surface area contributed by atoms with Gasteiger partial charge in [0.25, 0.3) is 0 Å². The van der Waals surface area contributed by atoms with Crippen molar-refractivity contribution in [3.63, 3.8) is 0 Å². The molecule has 1 aliphatic carbocycles. The van der Waals surface area contributed by atoms with Gasteiger partial charge in [-0.1, -0.05) is 28.1 Å². The third-order valence-corrected chi connectivity index (χ3v) is 6.00. The smallest absolute Gasteiger partial charge is 0.0349 e. The zero-order valence-electron chi connectivity index (χ0n) is 10.0. The Balaban J connectivity index is 1.82. The summed E-state index contributed by atoms with van der Waals surface area (Å²) in [6.07, 6.45) is 2.73. The third-order valence-electron chi connectivity index (χ3n) is 4.03. The molecule has 2 aromatic rings. The second-order valence-electron chi connectivity index (χ2n) is 5.36. The third kappa shape index (κ3) is 1.68. The largest absolute Gasteiger partial charge is 0.312 e. The van der Waals surface area contributed by atoms with Crippen molar-refractivity contribution >= 4 is 27.3 Å². The Bertz CT molecular complexity index is 613. The summed E-state index contributed by atoms with van der Waals surface area (Å²) in [6, 6.07) is 11.0. The minimum Gasteiger partial charge on any atom is -0.312 e. The number of hydrogen-bond donors (Lipinski definition) is 1. The van der Waals surface area contributed by atoms with Gasteiger partial charge in [0.15, 0.2) is 0 Å². The second-order valence-corrected chi connectivity index (χ2v) is 7.33. The van der Waals surface area contributed by atoms with Crippen LogP contribution in [0.25, 0.3) is 10.4 Å². The van der Waals surface area contributed by atoms with Crippen LogP contribution in [0.1, 0.15) is 23.3 Å². The van der Waals surface area contributed by atoms with Gasteiger partial charge in [-0.25, -0.2) is 0 Å². The zero-order chi connectivity index (χ0) is 12.2. The minimum absolute atomic E-state index is 0.502. The van der Waals surface area contributed by atoms with Crippen LogP contribution in [0.4, 0.5) is 0 Å². The van der Waals surface area contributed by atoms with E-state index in [2.05, 4.69) is 51.6 Å². The van der Waals surface area contributed by atoms with Gasteiger partial charge < -0.3 is 5.32 Å². The molecule has 3 heteroatoms. The fraction of sp³-hybridized carbons (Fsp3) is 0.333. The Labute approximate surface area is 119 Å². The molecular weight excluding hydrogens is 306 g/mol. The molecule has 0 saturated heterocycles. The lowest BCUT2D eigenvalue weighted by molar-refractivity contribution is 0.541. The Morgan fingerprint density at radius 2 is 2.11 bits per heavy atom. The van der Waals surface area contributed by atoms with Crippen LogP contribution >= 0.6 is 27.3 Å². The lowest BCUT2D eigenvalue weighted by atomic mass is 9.97. The first-order chi connectivity index (χ1) is 8.77. The van der Waals surface area contributed by atoms with Crippen molar-refractivity contribution in [1.29, 1.82) is 0 Å². The Hall–Kier alpha value is -0.640. The highest BCUT2D eigenvalue weighted by atomic mass is 79.9. The number of hydrogen-bond acceptors (Lipinski definition) is 2. The second kappa shape index (κ2) is 3.92. The summed E-state index contributed by atoms with van der Waals surface area (Å²) in [6.45, 7) is 2.22. The molecule has 1 spiro atoms. The fourth-order valence-electron chi connectivity index (χ4n) is 2.86. The number of halogens is 1. The average molecular weight is 320 g/mol. The van der Waals surface area contributed by atoms with Gasteiger partial charge in [-0.2, -0.15) is 0 Å². The number of fused-ring (bicyclic) bond motifs is 2. The van der Waals surface area contributed by atoms with E-state index in [0.717, 1.165) is 11.0 Å². The predicted octanol–water partition coefficient (Wildman–Crippen LogP) is 4.31. The van der Waals surface area contributed by atoms with Crippen LogP contribution in [-0.4, -0.2) is 6.54 Å². The van der Waals surface area contributed by atoms with E-state index in [-0.39, 0.29) is 0 Å². The summed E-state index contributed by atoms with van der Waals surface area (Å²) in [4.78, 5) is 3.06. The normalized spacial score (nSPS) is 19.8. The van der Waals surface area contributed by atoms with Crippen LogP contribution in [0.5, 0.6) is 0 Å². The summed E-state index contributed by atoms with van der Waals surface area (Å²) < 4.78 is 1.16. The molecule has 2 heterocycles. The maximum Gasteiger partial charge on any atom is 0.0349 e. The van der Waals surface area contributed by atoms with Gasteiger partial charge in [-0.3, -0.25) is 0 Å². The van der Waals surface area contributed by atoms with Gasteiger partial charge in [0.2, 0.25) is 0 Å². The van der Waals surface area contributed by atoms with Crippen LogP contribution in [0.3, 0.4) is 0 Å². The number of thiophene rings is 1. The van der Waals surface area contributed by atoms with Gasteiger partial charge in [0.05, 0.1) is 0 Å². The molecule has 1 N–H and O–H groups in total. The molecule has 0 radical (unpaired) electrons. The first kappa shape index (κ1) is 11.2. The Morgan fingerprint density at radius 1 is 1.22 bits per heavy atom. The summed E-state index contributed by atoms with van der Waals surface area (Å²) >= 11 is 5.56. The summed E-state index contributed by atoms with van der Waals surface area (Å²) in [7, 11) is 0. The fourth-order valence-corrected chi connectivity index (χ4v) is 4.68. The van der Waals surface area contributed by atoms with E-state index in [9.17, 15) is 0 Å². The van der Waals surface area contributed by atoms with Crippen molar-refractivity contribution in [1.82, 2.24) is 5.32 Å². The highest BCUT2D eigenvalue weighted by Crippen LogP contribution is 2.54. The Morgan fingerprint density at radius 3 is 2.89 bits per heavy atom. The molecule has 0 bridgehead atoms. The van der Waals surface area contributed by atoms with Crippen LogP contribution in [-0.2, 0) is 12.0 Å². The van der Waals surface area contributed by atoms with Crippen molar-refractivity contribution in [2.45, 2.75) is 24.8 Å². The maximum atomic E-state index is 3.57. The zero-order valence-corrected chi connectivity index (χ0v) is 12.4. The molecule has 0 atom stereocenters. The molecule has 1 aromatic heterocycles. The molecule has 1 aliphatic heterocycles. The number of rotatable bonds is 1. The monoisotopic (exact) mass is 319 g/mol. The summed E-state index contributed by atoms with van der Waals surface area (Å²) in [5.74, 6) is 0. The first-order valence-corrected chi connectivity index (χ1v) is 7.98. The van der Waals surface area contributed by atoms with E-state index in [1.165, 1.54) is 35.4 Å². The van der Waals surface area contributed by atoms with Crippen molar-refractivity contribution in [2.75, 3.05) is 6.54 Å². The van der Waals surface area contributed by atoms with E-state index in [1.54, 1.807) is 4.88 Å². The van der Waals surface area contributed by atoms with Crippen LogP contribution in [0.2, 0.25) is 0 Å². The van der Waals surface area contributed by atoms with Gasteiger partial charge in [0.1, 0.15) is 0 Å². The van der Waals surface area contributed by atoms with Crippen molar-refractivity contribution in [3.8, 4) is 10.4 Å². The van der Waals surface area contributed by atoms with E-state index in [1.807, 2.05) is 11.3 Å². The number of nitrogens with one attached hydrogen (secondary N) is 1. The van der Waals surface area contributed by atoms with Crippen LogP contribution < -0.4 is 5.32 Å². The van der Waals surface area contributed by atoms with E-state index in [4.69, 9.17) is 0 Å². The topological polar surface area (TPSA) is 12.0 Å². The van der Waals surface area contributed by atoms with E-state index in [0.29, 0.717) is 5.41 Å². The average Bonchev–Trinajstić information content (AvgIpc) is 2.99. The van der Waals surface area contributed by atoms with E-state index >= 15 is 0 Å². The van der Waals surface area contributed by atoms with E-state index < -0.39 is 0 Å². The highest BCUT2D eigenvalue weighted by Gasteiger charge is 2.48. The highest BCUT2D eigenvalue weighted by molar-refractivity contribution is 9.10. The van der Waals surface area contributed by atoms with Gasteiger partial charge in [-0.05, 0) is 42.2 Å². The Kier molecular flexibility index (Phi) is 2.44.